The van der Waals surface area contributed by atoms with Crippen molar-refractivity contribution in [3.8, 4) is 0 Å². The Morgan fingerprint density at radius 1 is 1.36 bits per heavy atom. The molecule has 8 heteroatoms. The molecule has 0 amide bonds. The molecule has 25 heavy (non-hydrogen) atoms. The maximum Gasteiger partial charge on any atom is 0.145 e. The van der Waals surface area contributed by atoms with Gasteiger partial charge in [-0.3, -0.25) is 15.1 Å². The number of aryl methyl sites for hydroxylation is 1. The number of rotatable bonds is 5. The van der Waals surface area contributed by atoms with Crippen LogP contribution < -0.4 is 5.32 Å². The number of halogens is 1. The van der Waals surface area contributed by atoms with Gasteiger partial charge < -0.3 is 5.11 Å². The van der Waals surface area contributed by atoms with E-state index in [1.54, 1.807) is 23.0 Å². The molecule has 7 nitrogen and oxygen atoms in total. The summed E-state index contributed by atoms with van der Waals surface area (Å²) >= 11 is 0. The van der Waals surface area contributed by atoms with Gasteiger partial charge in [0.2, 0.25) is 0 Å². The largest absolute Gasteiger partial charge is 0.391 e. The smallest absolute Gasteiger partial charge is 0.145 e. The van der Waals surface area contributed by atoms with Crippen LogP contribution in [0.5, 0.6) is 0 Å². The number of aromatic nitrogens is 5. The van der Waals surface area contributed by atoms with Gasteiger partial charge in [-0.1, -0.05) is 12.1 Å². The van der Waals surface area contributed by atoms with E-state index < -0.39 is 6.10 Å². The summed E-state index contributed by atoms with van der Waals surface area (Å²) < 4.78 is 15.1. The van der Waals surface area contributed by atoms with Crippen molar-refractivity contribution in [1.82, 2.24) is 30.3 Å². The first-order valence-corrected chi connectivity index (χ1v) is 8.17. The molecule has 1 fully saturated rings. The number of aliphatic hydroxyl groups excluding tert-OH is 1. The van der Waals surface area contributed by atoms with E-state index in [0.29, 0.717) is 12.2 Å². The number of aliphatic hydroxyl groups is 1. The highest BCUT2D eigenvalue weighted by atomic mass is 19.1. The lowest BCUT2D eigenvalue weighted by atomic mass is 9.82. The van der Waals surface area contributed by atoms with Crippen molar-refractivity contribution in [1.29, 1.82) is 0 Å². The zero-order valence-electron chi connectivity index (χ0n) is 13.7. The second-order valence-corrected chi connectivity index (χ2v) is 6.42. The highest BCUT2D eigenvalue weighted by molar-refractivity contribution is 5.25. The lowest BCUT2D eigenvalue weighted by Crippen LogP contribution is -2.55. The van der Waals surface area contributed by atoms with Gasteiger partial charge in [-0.15, -0.1) is 0 Å². The van der Waals surface area contributed by atoms with Crippen molar-refractivity contribution >= 4 is 0 Å². The van der Waals surface area contributed by atoms with Crippen molar-refractivity contribution < 1.29 is 9.50 Å². The minimum absolute atomic E-state index is 0.00875. The fourth-order valence-corrected chi connectivity index (χ4v) is 3.29. The summed E-state index contributed by atoms with van der Waals surface area (Å²) in [7, 11) is 0. The van der Waals surface area contributed by atoms with E-state index in [1.807, 2.05) is 13.1 Å². The number of benzene rings is 1. The van der Waals surface area contributed by atoms with Crippen molar-refractivity contribution in [2.45, 2.75) is 37.6 Å². The molecule has 3 N–H and O–H groups in total. The number of H-pyrrole nitrogens is 1. The van der Waals surface area contributed by atoms with Gasteiger partial charge in [0.15, 0.2) is 0 Å². The lowest BCUT2D eigenvalue weighted by molar-refractivity contribution is -0.0106. The maximum absolute atomic E-state index is 13.3. The Morgan fingerprint density at radius 2 is 2.16 bits per heavy atom. The molecule has 1 aliphatic carbocycles. The standard InChI is InChI=1S/C17H19FN6O/c1-10-7-21-24(8-10)16-13(6-14(16)25)22-15(17-19-9-20-23-17)11-2-4-12(18)5-3-11/h2-5,7-9,13-16,22,25H,6H2,1H3,(H,19,20,23)/t13-,14+,15?,16+/m0/s1. The first-order valence-electron chi connectivity index (χ1n) is 8.17. The van der Waals surface area contributed by atoms with Gasteiger partial charge in [0, 0.05) is 12.2 Å². The van der Waals surface area contributed by atoms with Gasteiger partial charge in [0.05, 0.1) is 24.4 Å². The molecule has 3 aromatic rings. The number of nitrogens with zero attached hydrogens (tertiary/aromatic N) is 4. The van der Waals surface area contributed by atoms with Crippen LogP contribution in [0.4, 0.5) is 4.39 Å². The summed E-state index contributed by atoms with van der Waals surface area (Å²) in [6.45, 7) is 1.97. The minimum Gasteiger partial charge on any atom is -0.391 e. The zero-order chi connectivity index (χ0) is 17.4. The zero-order valence-corrected chi connectivity index (χ0v) is 13.7. The van der Waals surface area contributed by atoms with Crippen molar-refractivity contribution in [3.63, 3.8) is 0 Å². The van der Waals surface area contributed by atoms with Crippen LogP contribution in [0.1, 0.15) is 35.5 Å². The average Bonchev–Trinajstić information content (AvgIpc) is 3.24. The summed E-state index contributed by atoms with van der Waals surface area (Å²) in [5.74, 6) is 0.354. The van der Waals surface area contributed by atoms with E-state index in [9.17, 15) is 9.50 Å². The Morgan fingerprint density at radius 3 is 2.76 bits per heavy atom. The quantitative estimate of drug-likeness (QED) is 0.654. The monoisotopic (exact) mass is 342 g/mol. The highest BCUT2D eigenvalue weighted by Gasteiger charge is 2.43. The number of nitrogens with one attached hydrogen (secondary N) is 2. The molecule has 0 spiro atoms. The van der Waals surface area contributed by atoms with Gasteiger partial charge in [-0.05, 0) is 36.6 Å². The molecule has 0 aliphatic heterocycles. The Hall–Kier alpha value is -2.58. The maximum atomic E-state index is 13.3. The predicted octanol–water partition coefficient (Wildman–Crippen LogP) is 1.50. The van der Waals surface area contributed by atoms with Gasteiger partial charge in [-0.2, -0.15) is 10.2 Å². The molecule has 1 unspecified atom stereocenters. The summed E-state index contributed by atoms with van der Waals surface area (Å²) in [6, 6.07) is 5.86. The first kappa shape index (κ1) is 15.9. The third-order valence-electron chi connectivity index (χ3n) is 4.63. The van der Waals surface area contributed by atoms with Crippen LogP contribution >= 0.6 is 0 Å². The van der Waals surface area contributed by atoms with E-state index in [-0.39, 0.29) is 23.9 Å². The number of hydrogen-bond acceptors (Lipinski definition) is 5. The molecule has 0 bridgehead atoms. The fourth-order valence-electron chi connectivity index (χ4n) is 3.29. The molecular weight excluding hydrogens is 323 g/mol. The molecular formula is C17H19FN6O. The Balaban J connectivity index is 1.59. The highest BCUT2D eigenvalue weighted by Crippen LogP contribution is 2.35. The van der Waals surface area contributed by atoms with Crippen molar-refractivity contribution in [3.05, 3.63) is 65.8 Å². The van der Waals surface area contributed by atoms with Gasteiger partial charge >= 0.3 is 0 Å². The minimum atomic E-state index is -0.458. The van der Waals surface area contributed by atoms with E-state index in [4.69, 9.17) is 0 Å². The summed E-state index contributed by atoms with van der Waals surface area (Å²) in [5, 5.41) is 24.8. The molecule has 130 valence electrons. The van der Waals surface area contributed by atoms with Crippen LogP contribution in [-0.2, 0) is 0 Å². The molecule has 0 saturated heterocycles. The average molecular weight is 342 g/mol. The molecule has 4 atom stereocenters. The molecule has 4 rings (SSSR count). The summed E-state index contributed by atoms with van der Waals surface area (Å²) in [4.78, 5) is 4.24. The van der Waals surface area contributed by atoms with E-state index in [0.717, 1.165) is 11.1 Å². The third kappa shape index (κ3) is 3.06. The molecule has 2 heterocycles. The van der Waals surface area contributed by atoms with Crippen molar-refractivity contribution in [2.24, 2.45) is 0 Å². The second kappa shape index (κ2) is 6.38. The Kier molecular flexibility index (Phi) is 4.06. The summed E-state index contributed by atoms with van der Waals surface area (Å²) in [5.41, 5.74) is 1.91. The molecule has 0 radical (unpaired) electrons. The number of hydrogen-bond donors (Lipinski definition) is 3. The van der Waals surface area contributed by atoms with Crippen LogP contribution in [0.2, 0.25) is 0 Å². The van der Waals surface area contributed by atoms with Gasteiger partial charge in [0.25, 0.3) is 0 Å². The van der Waals surface area contributed by atoms with E-state index in [2.05, 4.69) is 25.6 Å². The second-order valence-electron chi connectivity index (χ2n) is 6.42. The third-order valence-corrected chi connectivity index (χ3v) is 4.63. The molecule has 1 aliphatic rings. The Bertz CT molecular complexity index is 831. The molecule has 1 saturated carbocycles. The molecule has 1 aromatic carbocycles. The lowest BCUT2D eigenvalue weighted by Gasteiger charge is -2.43. The fraction of sp³-hybridized carbons (Fsp3) is 0.353. The SMILES string of the molecule is Cc1cnn([C@H]2[C@H](O)C[C@@H]2NC(c2ccc(F)cc2)c2ncn[nH]2)c1. The van der Waals surface area contributed by atoms with E-state index in [1.165, 1.54) is 18.5 Å². The van der Waals surface area contributed by atoms with Crippen LogP contribution in [0.3, 0.4) is 0 Å². The van der Waals surface area contributed by atoms with Crippen molar-refractivity contribution in [2.75, 3.05) is 0 Å². The van der Waals surface area contributed by atoms with Crippen LogP contribution in [0, 0.1) is 12.7 Å². The van der Waals surface area contributed by atoms with Gasteiger partial charge in [-0.25, -0.2) is 9.37 Å². The van der Waals surface area contributed by atoms with E-state index >= 15 is 0 Å². The van der Waals surface area contributed by atoms with Crippen LogP contribution in [-0.4, -0.2) is 42.2 Å². The topological polar surface area (TPSA) is 91.7 Å². The van der Waals surface area contributed by atoms with Crippen LogP contribution in [0.15, 0.2) is 43.0 Å². The Labute approximate surface area is 143 Å². The number of aromatic amines is 1. The summed E-state index contributed by atoms with van der Waals surface area (Å²) in [6.07, 6.45) is 5.28. The molecule has 2 aromatic heterocycles. The normalized spacial score (nSPS) is 24.0. The predicted molar refractivity (Wildman–Crippen MR) is 88.2 cm³/mol. The van der Waals surface area contributed by atoms with Crippen LogP contribution in [0.25, 0.3) is 0 Å². The van der Waals surface area contributed by atoms with Gasteiger partial charge in [0.1, 0.15) is 18.0 Å². The first-order chi connectivity index (χ1) is 12.1.